The van der Waals surface area contributed by atoms with Crippen LogP contribution in [0.4, 0.5) is 16.3 Å². The fraction of sp³-hybridized carbons (Fsp3) is 0.419. The van der Waals surface area contributed by atoms with E-state index in [-0.39, 0.29) is 24.1 Å². The Balaban J connectivity index is 1.27. The first kappa shape index (κ1) is 31.1. The lowest BCUT2D eigenvalue weighted by molar-refractivity contribution is -0.148. The largest absolute Gasteiger partial charge is 0.366 e. The summed E-state index contributed by atoms with van der Waals surface area (Å²) < 4.78 is 22.6. The van der Waals surface area contributed by atoms with Crippen molar-refractivity contribution in [1.82, 2.24) is 24.4 Å². The third kappa shape index (κ3) is 6.90. The number of nitrogens with one attached hydrogen (secondary N) is 1. The monoisotopic (exact) mass is 606 g/mol. The molecule has 0 bridgehead atoms. The normalized spacial score (nSPS) is 16.1. The van der Waals surface area contributed by atoms with Crippen LogP contribution in [0.5, 0.6) is 0 Å². The van der Waals surface area contributed by atoms with Gasteiger partial charge in [0.05, 0.1) is 29.7 Å². The quantitative estimate of drug-likeness (QED) is 0.219. The van der Waals surface area contributed by atoms with Gasteiger partial charge in [-0.3, -0.25) is 14.2 Å². The minimum absolute atomic E-state index is 0.0795. The standard InChI is InChI=1S/C31H39FN8O4/c1-20(33)28(42)35-21(2)29(43)44-19-40-27(41)12-15-34-30(40)37(3)24-13-16-38(17-14-24)31-36-25-6-4-5-7-26(25)39(31)18-22-8-10-23(32)11-9-22/h4-12,15,20-21,24,29,43H,13-14,16-19,33H2,1-3H3,(H,35,42). The molecule has 1 amide bonds. The van der Waals surface area contributed by atoms with Crippen LogP contribution in [0.2, 0.25) is 0 Å². The average Bonchev–Trinajstić information content (AvgIpc) is 3.39. The van der Waals surface area contributed by atoms with Crippen LogP contribution in [-0.4, -0.2) is 74.7 Å². The molecule has 44 heavy (non-hydrogen) atoms. The molecule has 0 radical (unpaired) electrons. The number of hydrogen-bond donors (Lipinski definition) is 3. The van der Waals surface area contributed by atoms with E-state index in [0.29, 0.717) is 12.5 Å². The van der Waals surface area contributed by atoms with Crippen LogP contribution < -0.4 is 26.4 Å². The molecule has 12 nitrogen and oxygen atoms in total. The van der Waals surface area contributed by atoms with Gasteiger partial charge < -0.3 is 35.3 Å². The second kappa shape index (κ2) is 13.5. The first-order valence-electron chi connectivity index (χ1n) is 14.7. The molecule has 1 fully saturated rings. The number of carbonyl (C=O) groups is 1. The number of nitrogens with two attached hydrogens (primary N) is 1. The maximum atomic E-state index is 13.5. The third-order valence-electron chi connectivity index (χ3n) is 8.00. The van der Waals surface area contributed by atoms with Gasteiger partial charge in [-0.05, 0) is 56.5 Å². The minimum Gasteiger partial charge on any atom is -0.366 e. The Kier molecular flexibility index (Phi) is 9.57. The number of anilines is 2. The number of piperidine rings is 1. The van der Waals surface area contributed by atoms with Crippen LogP contribution in [0, 0.1) is 5.82 Å². The van der Waals surface area contributed by atoms with Crippen LogP contribution in [0.3, 0.4) is 0 Å². The van der Waals surface area contributed by atoms with Crippen molar-refractivity contribution in [3.8, 4) is 0 Å². The summed E-state index contributed by atoms with van der Waals surface area (Å²) in [5.74, 6) is 0.589. The Hall–Kier alpha value is -4.33. The molecular formula is C31H39FN8O4. The molecule has 1 aliphatic heterocycles. The topological polar surface area (TPSA) is 144 Å². The van der Waals surface area contributed by atoms with Crippen molar-refractivity contribution in [1.29, 1.82) is 0 Å². The average molecular weight is 607 g/mol. The van der Waals surface area contributed by atoms with Crippen LogP contribution in [0.15, 0.2) is 65.6 Å². The van der Waals surface area contributed by atoms with Gasteiger partial charge in [-0.15, -0.1) is 0 Å². The molecule has 2 aromatic heterocycles. The number of benzene rings is 2. The van der Waals surface area contributed by atoms with Gasteiger partial charge in [0.2, 0.25) is 17.8 Å². The van der Waals surface area contributed by atoms with Crippen molar-refractivity contribution in [2.75, 3.05) is 29.9 Å². The molecule has 13 heteroatoms. The number of imidazole rings is 1. The lowest BCUT2D eigenvalue weighted by Gasteiger charge is -2.38. The van der Waals surface area contributed by atoms with Crippen LogP contribution >= 0.6 is 0 Å². The molecule has 0 saturated carbocycles. The Morgan fingerprint density at radius 3 is 2.55 bits per heavy atom. The number of aromatic nitrogens is 4. The van der Waals surface area contributed by atoms with Gasteiger partial charge in [0.1, 0.15) is 12.5 Å². The second-order valence-corrected chi connectivity index (χ2v) is 11.2. The molecule has 3 atom stereocenters. The molecule has 4 N–H and O–H groups in total. The first-order valence-corrected chi connectivity index (χ1v) is 14.7. The second-order valence-electron chi connectivity index (χ2n) is 11.2. The van der Waals surface area contributed by atoms with Crippen molar-refractivity contribution in [3.05, 3.63) is 82.5 Å². The summed E-state index contributed by atoms with van der Waals surface area (Å²) in [4.78, 5) is 38.3. The van der Waals surface area contributed by atoms with Crippen molar-refractivity contribution >= 4 is 28.8 Å². The predicted molar refractivity (Wildman–Crippen MR) is 166 cm³/mol. The van der Waals surface area contributed by atoms with Crippen molar-refractivity contribution < 1.29 is 19.0 Å². The molecule has 234 valence electrons. The maximum Gasteiger partial charge on any atom is 0.256 e. The van der Waals surface area contributed by atoms with E-state index in [1.807, 2.05) is 36.2 Å². The van der Waals surface area contributed by atoms with Crippen LogP contribution in [0.1, 0.15) is 32.3 Å². The van der Waals surface area contributed by atoms with Gasteiger partial charge in [0.25, 0.3) is 5.56 Å². The molecule has 3 heterocycles. The molecule has 4 aromatic rings. The Bertz CT molecular complexity index is 1630. The maximum absolute atomic E-state index is 13.5. The molecule has 1 aliphatic rings. The summed E-state index contributed by atoms with van der Waals surface area (Å²) in [6, 6.07) is 14.5. The fourth-order valence-corrected chi connectivity index (χ4v) is 5.40. The van der Waals surface area contributed by atoms with E-state index in [1.165, 1.54) is 29.0 Å². The number of ether oxygens (including phenoxy) is 1. The number of aliphatic hydroxyl groups is 1. The number of para-hydroxylation sites is 2. The van der Waals surface area contributed by atoms with Gasteiger partial charge in [0, 0.05) is 38.4 Å². The van der Waals surface area contributed by atoms with Crippen molar-refractivity contribution in [2.24, 2.45) is 5.73 Å². The van der Waals surface area contributed by atoms with E-state index in [1.54, 1.807) is 26.0 Å². The summed E-state index contributed by atoms with van der Waals surface area (Å²) in [7, 11) is 1.89. The summed E-state index contributed by atoms with van der Waals surface area (Å²) in [6.45, 7) is 4.90. The molecular weight excluding hydrogens is 567 g/mol. The smallest absolute Gasteiger partial charge is 0.256 e. The molecule has 5 rings (SSSR count). The fourth-order valence-electron chi connectivity index (χ4n) is 5.40. The number of amides is 1. The zero-order valence-electron chi connectivity index (χ0n) is 25.1. The molecule has 2 aromatic carbocycles. The molecule has 0 aliphatic carbocycles. The zero-order chi connectivity index (χ0) is 31.4. The number of fused-ring (bicyclic) bond motifs is 1. The number of aliphatic hydroxyl groups excluding tert-OH is 1. The number of carbonyl (C=O) groups excluding carboxylic acids is 1. The highest BCUT2D eigenvalue weighted by Gasteiger charge is 2.28. The SMILES string of the molecule is CC(N)C(=O)NC(C)C(O)OCn1c(N(C)C2CCN(c3nc4ccccc4n3Cc3ccc(F)cc3)CC2)nccc1=O. The van der Waals surface area contributed by atoms with E-state index >= 15 is 0 Å². The summed E-state index contributed by atoms with van der Waals surface area (Å²) in [5, 5.41) is 13.0. The van der Waals surface area contributed by atoms with Gasteiger partial charge in [-0.25, -0.2) is 14.4 Å². The summed E-state index contributed by atoms with van der Waals surface area (Å²) >= 11 is 0. The Morgan fingerprint density at radius 2 is 1.84 bits per heavy atom. The third-order valence-corrected chi connectivity index (χ3v) is 8.00. The van der Waals surface area contributed by atoms with E-state index in [2.05, 4.69) is 19.8 Å². The van der Waals surface area contributed by atoms with E-state index in [9.17, 15) is 19.1 Å². The van der Waals surface area contributed by atoms with E-state index < -0.39 is 24.3 Å². The molecule has 3 unspecified atom stereocenters. The summed E-state index contributed by atoms with van der Waals surface area (Å²) in [6.07, 6.45) is 1.66. The lowest BCUT2D eigenvalue weighted by Crippen LogP contribution is -2.48. The van der Waals surface area contributed by atoms with Gasteiger partial charge in [-0.1, -0.05) is 24.3 Å². The first-order chi connectivity index (χ1) is 21.1. The zero-order valence-corrected chi connectivity index (χ0v) is 25.1. The Labute approximate surface area is 254 Å². The Morgan fingerprint density at radius 1 is 1.14 bits per heavy atom. The highest BCUT2D eigenvalue weighted by atomic mass is 19.1. The predicted octanol–water partition coefficient (Wildman–Crippen LogP) is 2.03. The van der Waals surface area contributed by atoms with Gasteiger partial charge in [0.15, 0.2) is 6.29 Å². The van der Waals surface area contributed by atoms with Gasteiger partial charge >= 0.3 is 0 Å². The lowest BCUT2D eigenvalue weighted by atomic mass is 10.0. The molecule has 1 saturated heterocycles. The minimum atomic E-state index is -1.36. The van der Waals surface area contributed by atoms with Crippen LogP contribution in [-0.2, 0) is 22.8 Å². The number of hydrogen-bond acceptors (Lipinski definition) is 9. The number of rotatable bonds is 11. The van der Waals surface area contributed by atoms with Crippen molar-refractivity contribution in [3.63, 3.8) is 0 Å². The molecule has 0 spiro atoms. The van der Waals surface area contributed by atoms with Gasteiger partial charge in [-0.2, -0.15) is 0 Å². The number of halogens is 1. The van der Waals surface area contributed by atoms with Crippen molar-refractivity contribution in [2.45, 2.75) is 64.4 Å². The van der Waals surface area contributed by atoms with Crippen LogP contribution in [0.25, 0.3) is 11.0 Å². The number of nitrogens with zero attached hydrogens (tertiary/aromatic N) is 6. The highest BCUT2D eigenvalue weighted by molar-refractivity contribution is 5.81. The van der Waals surface area contributed by atoms with E-state index in [0.717, 1.165) is 48.5 Å². The summed E-state index contributed by atoms with van der Waals surface area (Å²) in [5.41, 5.74) is 8.15. The van der Waals surface area contributed by atoms with E-state index in [4.69, 9.17) is 15.5 Å². The highest BCUT2D eigenvalue weighted by Crippen LogP contribution is 2.28.